The maximum absolute atomic E-state index is 11.0. The predicted octanol–water partition coefficient (Wildman–Crippen LogP) is 3.16. The zero-order valence-corrected chi connectivity index (χ0v) is 9.47. The molecule has 0 amide bonds. The average molecular weight is 243 g/mol. The SMILES string of the molecule is CC(=O)/C(C=O)=C\c1cc(Cl)cc(Cl)c1. The Morgan fingerprint density at radius 2 is 1.73 bits per heavy atom. The minimum atomic E-state index is -0.291. The van der Waals surface area contributed by atoms with Gasteiger partial charge in [0.15, 0.2) is 12.1 Å². The highest BCUT2D eigenvalue weighted by Crippen LogP contribution is 2.20. The molecule has 1 aromatic carbocycles. The molecule has 0 saturated carbocycles. The Bertz CT molecular complexity index is 416. The van der Waals surface area contributed by atoms with Gasteiger partial charge in [-0.05, 0) is 36.8 Å². The largest absolute Gasteiger partial charge is 0.298 e. The molecule has 0 fully saturated rings. The molecule has 4 heteroatoms. The molecule has 2 nitrogen and oxygen atoms in total. The van der Waals surface area contributed by atoms with Gasteiger partial charge in [-0.15, -0.1) is 0 Å². The fraction of sp³-hybridized carbons (Fsp3) is 0.0909. The highest BCUT2D eigenvalue weighted by Gasteiger charge is 2.03. The summed E-state index contributed by atoms with van der Waals surface area (Å²) in [7, 11) is 0. The van der Waals surface area contributed by atoms with E-state index in [1.165, 1.54) is 13.0 Å². The number of carbonyl (C=O) groups is 2. The van der Waals surface area contributed by atoms with Crippen molar-refractivity contribution >= 4 is 41.3 Å². The van der Waals surface area contributed by atoms with Gasteiger partial charge in [0.05, 0.1) is 5.57 Å². The van der Waals surface area contributed by atoms with Crippen molar-refractivity contribution in [1.29, 1.82) is 0 Å². The molecular weight excluding hydrogens is 235 g/mol. The predicted molar refractivity (Wildman–Crippen MR) is 61.2 cm³/mol. The van der Waals surface area contributed by atoms with Crippen molar-refractivity contribution in [1.82, 2.24) is 0 Å². The van der Waals surface area contributed by atoms with Crippen molar-refractivity contribution in [2.45, 2.75) is 6.92 Å². The van der Waals surface area contributed by atoms with Gasteiger partial charge in [0.2, 0.25) is 0 Å². The summed E-state index contributed by atoms with van der Waals surface area (Å²) in [4.78, 5) is 21.5. The number of hydrogen-bond acceptors (Lipinski definition) is 2. The van der Waals surface area contributed by atoms with Crippen LogP contribution in [0.15, 0.2) is 23.8 Å². The van der Waals surface area contributed by atoms with Crippen LogP contribution < -0.4 is 0 Å². The van der Waals surface area contributed by atoms with Crippen LogP contribution in [-0.4, -0.2) is 12.1 Å². The van der Waals surface area contributed by atoms with Crippen molar-refractivity contribution in [2.24, 2.45) is 0 Å². The fourth-order valence-electron chi connectivity index (χ4n) is 1.06. The van der Waals surface area contributed by atoms with Crippen LogP contribution in [-0.2, 0) is 9.59 Å². The molecule has 0 radical (unpaired) electrons. The lowest BCUT2D eigenvalue weighted by molar-refractivity contribution is -0.115. The number of rotatable bonds is 3. The molecule has 0 aliphatic heterocycles. The van der Waals surface area contributed by atoms with Gasteiger partial charge >= 0.3 is 0 Å². The Balaban J connectivity index is 3.16. The van der Waals surface area contributed by atoms with E-state index >= 15 is 0 Å². The van der Waals surface area contributed by atoms with E-state index in [2.05, 4.69) is 0 Å². The molecule has 0 spiro atoms. The second kappa shape index (κ2) is 5.10. The summed E-state index contributed by atoms with van der Waals surface area (Å²) in [5.74, 6) is -0.291. The first kappa shape index (κ1) is 12.0. The first-order valence-electron chi connectivity index (χ1n) is 4.17. The van der Waals surface area contributed by atoms with Gasteiger partial charge < -0.3 is 0 Å². The molecule has 0 N–H and O–H groups in total. The zero-order chi connectivity index (χ0) is 11.4. The van der Waals surface area contributed by atoms with E-state index in [4.69, 9.17) is 23.2 Å². The molecule has 1 rings (SSSR count). The Kier molecular flexibility index (Phi) is 4.06. The Morgan fingerprint density at radius 1 is 1.20 bits per heavy atom. The van der Waals surface area contributed by atoms with Gasteiger partial charge in [-0.2, -0.15) is 0 Å². The van der Waals surface area contributed by atoms with Gasteiger partial charge in [0.1, 0.15) is 0 Å². The molecule has 0 saturated heterocycles. The number of Topliss-reactive ketones (excluding diaryl/α,β-unsaturated/α-hetero) is 1. The van der Waals surface area contributed by atoms with E-state index in [9.17, 15) is 9.59 Å². The first-order valence-corrected chi connectivity index (χ1v) is 4.92. The summed E-state index contributed by atoms with van der Waals surface area (Å²) >= 11 is 11.5. The van der Waals surface area contributed by atoms with Gasteiger partial charge in [0, 0.05) is 10.0 Å². The number of aldehydes is 1. The number of ketones is 1. The standard InChI is InChI=1S/C11H8Cl2O2/c1-7(15)9(6-14)2-8-3-10(12)5-11(13)4-8/h2-6H,1H3/b9-2-. The quantitative estimate of drug-likeness (QED) is 0.353. The topological polar surface area (TPSA) is 34.1 Å². The van der Waals surface area contributed by atoms with Gasteiger partial charge in [-0.25, -0.2) is 0 Å². The van der Waals surface area contributed by atoms with Crippen LogP contribution in [0.5, 0.6) is 0 Å². The Labute approximate surface area is 97.5 Å². The smallest absolute Gasteiger partial charge is 0.163 e. The summed E-state index contributed by atoms with van der Waals surface area (Å²) in [5.41, 5.74) is 0.720. The number of allylic oxidation sites excluding steroid dienone is 1. The number of benzene rings is 1. The third kappa shape index (κ3) is 3.50. The maximum Gasteiger partial charge on any atom is 0.163 e. The summed E-state index contributed by atoms with van der Waals surface area (Å²) in [5, 5.41) is 0.921. The van der Waals surface area contributed by atoms with E-state index in [1.54, 1.807) is 18.2 Å². The fourth-order valence-corrected chi connectivity index (χ4v) is 1.60. The first-order chi connectivity index (χ1) is 7.02. The molecule has 15 heavy (non-hydrogen) atoms. The number of halogens is 2. The monoisotopic (exact) mass is 242 g/mol. The normalized spacial score (nSPS) is 11.3. The van der Waals surface area contributed by atoms with E-state index in [0.717, 1.165) is 0 Å². The highest BCUT2D eigenvalue weighted by atomic mass is 35.5. The third-order valence-corrected chi connectivity index (χ3v) is 2.18. The zero-order valence-electron chi connectivity index (χ0n) is 7.96. The Morgan fingerprint density at radius 3 is 2.13 bits per heavy atom. The summed E-state index contributed by atoms with van der Waals surface area (Å²) < 4.78 is 0. The second-order valence-corrected chi connectivity index (χ2v) is 3.85. The number of carbonyl (C=O) groups excluding carboxylic acids is 2. The lowest BCUT2D eigenvalue weighted by Gasteiger charge is -1.98. The van der Waals surface area contributed by atoms with Crippen molar-refractivity contribution in [3.63, 3.8) is 0 Å². The molecule has 0 bridgehead atoms. The van der Waals surface area contributed by atoms with Crippen molar-refractivity contribution in [3.05, 3.63) is 39.4 Å². The van der Waals surface area contributed by atoms with Gasteiger partial charge in [-0.1, -0.05) is 23.2 Å². The van der Waals surface area contributed by atoms with Gasteiger partial charge in [0.25, 0.3) is 0 Å². The number of hydrogen-bond donors (Lipinski definition) is 0. The summed E-state index contributed by atoms with van der Waals surface area (Å²) in [6, 6.07) is 4.83. The summed E-state index contributed by atoms with van der Waals surface area (Å²) in [6.45, 7) is 1.33. The van der Waals surface area contributed by atoms with E-state index < -0.39 is 0 Å². The molecule has 0 heterocycles. The van der Waals surface area contributed by atoms with E-state index in [0.29, 0.717) is 21.9 Å². The van der Waals surface area contributed by atoms with Crippen LogP contribution in [0.25, 0.3) is 6.08 Å². The molecule has 0 atom stereocenters. The molecule has 1 aromatic rings. The van der Waals surface area contributed by atoms with Crippen molar-refractivity contribution in [3.8, 4) is 0 Å². The van der Waals surface area contributed by atoms with Gasteiger partial charge in [-0.3, -0.25) is 9.59 Å². The van der Waals surface area contributed by atoms with Crippen LogP contribution in [0.4, 0.5) is 0 Å². The van der Waals surface area contributed by atoms with Crippen molar-refractivity contribution < 1.29 is 9.59 Å². The lowest BCUT2D eigenvalue weighted by atomic mass is 10.1. The molecule has 0 aromatic heterocycles. The lowest BCUT2D eigenvalue weighted by Crippen LogP contribution is -1.97. The van der Waals surface area contributed by atoms with Crippen LogP contribution >= 0.6 is 23.2 Å². The van der Waals surface area contributed by atoms with Crippen LogP contribution in [0.3, 0.4) is 0 Å². The molecular formula is C11H8Cl2O2. The van der Waals surface area contributed by atoms with Crippen molar-refractivity contribution in [2.75, 3.05) is 0 Å². The highest BCUT2D eigenvalue weighted by molar-refractivity contribution is 6.34. The molecule has 78 valence electrons. The van der Waals surface area contributed by atoms with E-state index in [1.807, 2.05) is 0 Å². The third-order valence-electron chi connectivity index (χ3n) is 1.74. The summed E-state index contributed by atoms with van der Waals surface area (Å²) in [6.07, 6.45) is 1.96. The van der Waals surface area contributed by atoms with Crippen LogP contribution in [0.2, 0.25) is 10.0 Å². The van der Waals surface area contributed by atoms with Crippen LogP contribution in [0, 0.1) is 0 Å². The maximum atomic E-state index is 11.0. The average Bonchev–Trinajstić information content (AvgIpc) is 2.12. The second-order valence-electron chi connectivity index (χ2n) is 2.98. The molecule has 0 aliphatic rings. The Hall–Kier alpha value is -1.12. The van der Waals surface area contributed by atoms with E-state index in [-0.39, 0.29) is 11.4 Å². The minimum Gasteiger partial charge on any atom is -0.298 e. The molecule has 0 unspecified atom stereocenters. The minimum absolute atomic E-state index is 0.0910. The molecule has 0 aliphatic carbocycles. The van der Waals surface area contributed by atoms with Crippen LogP contribution in [0.1, 0.15) is 12.5 Å².